The Kier molecular flexibility index (Phi) is 5.03. The first-order valence-electron chi connectivity index (χ1n) is 9.41. The number of carbonyl (C=O) groups is 1. The van der Waals surface area contributed by atoms with E-state index in [1.807, 2.05) is 51.1 Å². The number of aryl methyl sites for hydroxylation is 1. The summed E-state index contributed by atoms with van der Waals surface area (Å²) in [6, 6.07) is 9.99. The van der Waals surface area contributed by atoms with Crippen molar-refractivity contribution in [2.75, 3.05) is 13.1 Å². The lowest BCUT2D eigenvalue weighted by Gasteiger charge is -2.35. The fourth-order valence-corrected chi connectivity index (χ4v) is 4.91. The van der Waals surface area contributed by atoms with Crippen LogP contribution in [0.1, 0.15) is 19.4 Å². The molecule has 0 aliphatic carbocycles. The lowest BCUT2D eigenvalue weighted by atomic mass is 10.1. The molecule has 2 atom stereocenters. The van der Waals surface area contributed by atoms with Crippen LogP contribution in [0.3, 0.4) is 0 Å². The van der Waals surface area contributed by atoms with E-state index >= 15 is 0 Å². The molecular weight excluding hydrogens is 374 g/mol. The van der Waals surface area contributed by atoms with E-state index in [1.54, 1.807) is 4.90 Å². The number of morpholine rings is 1. The number of thiophene rings is 1. The molecule has 1 saturated heterocycles. The van der Waals surface area contributed by atoms with E-state index in [4.69, 9.17) is 4.74 Å². The topological polar surface area (TPSA) is 64.4 Å². The number of carbonyl (C=O) groups excluding carboxylic acids is 1. The molecule has 0 spiro atoms. The van der Waals surface area contributed by atoms with Gasteiger partial charge in [0.05, 0.1) is 23.9 Å². The minimum absolute atomic E-state index is 0.00224. The molecule has 4 rings (SSSR count). The molecule has 0 saturated carbocycles. The van der Waals surface area contributed by atoms with Crippen molar-refractivity contribution in [2.45, 2.75) is 39.5 Å². The molecule has 28 heavy (non-hydrogen) atoms. The largest absolute Gasteiger partial charge is 0.372 e. The number of hydrogen-bond acceptors (Lipinski definition) is 5. The number of rotatable bonds is 3. The second kappa shape index (κ2) is 7.48. The number of benzene rings is 1. The van der Waals surface area contributed by atoms with Crippen molar-refractivity contribution in [3.05, 3.63) is 52.6 Å². The van der Waals surface area contributed by atoms with Gasteiger partial charge in [0.1, 0.15) is 11.4 Å². The Morgan fingerprint density at radius 2 is 1.89 bits per heavy atom. The Morgan fingerprint density at radius 1 is 1.21 bits per heavy atom. The van der Waals surface area contributed by atoms with Crippen LogP contribution in [-0.4, -0.2) is 45.7 Å². The average molecular weight is 398 g/mol. The molecule has 0 radical (unpaired) electrons. The van der Waals surface area contributed by atoms with Gasteiger partial charge in [0.25, 0.3) is 5.56 Å². The average Bonchev–Trinajstić information content (AvgIpc) is 3.01. The van der Waals surface area contributed by atoms with Crippen molar-refractivity contribution in [2.24, 2.45) is 0 Å². The third kappa shape index (κ3) is 3.47. The zero-order valence-electron chi connectivity index (χ0n) is 16.2. The molecular formula is C21H23N3O3S. The summed E-state index contributed by atoms with van der Waals surface area (Å²) in [6.07, 6.45) is 1.48. The molecule has 7 heteroatoms. The standard InChI is InChI=1S/C21H23N3O3S/c1-13-9-23(10-14(2)27-13)17(25)11-24-12-22-20-18(21(24)26)15(3)19(28-20)16-7-5-4-6-8-16/h4-8,12-14H,9-11H2,1-3H3/t13-,14+. The second-order valence-electron chi connectivity index (χ2n) is 7.34. The van der Waals surface area contributed by atoms with Gasteiger partial charge in [-0.15, -0.1) is 11.3 Å². The number of nitrogens with zero attached hydrogens (tertiary/aromatic N) is 3. The van der Waals surface area contributed by atoms with Crippen LogP contribution < -0.4 is 5.56 Å². The van der Waals surface area contributed by atoms with Gasteiger partial charge in [0, 0.05) is 18.0 Å². The normalized spacial score (nSPS) is 19.9. The summed E-state index contributed by atoms with van der Waals surface area (Å²) in [5.74, 6) is -0.0820. The van der Waals surface area contributed by atoms with Gasteiger partial charge in [-0.1, -0.05) is 30.3 Å². The highest BCUT2D eigenvalue weighted by Crippen LogP contribution is 2.35. The lowest BCUT2D eigenvalue weighted by molar-refractivity contribution is -0.143. The highest BCUT2D eigenvalue weighted by molar-refractivity contribution is 7.22. The maximum Gasteiger partial charge on any atom is 0.262 e. The smallest absolute Gasteiger partial charge is 0.262 e. The summed E-state index contributed by atoms with van der Waals surface area (Å²) in [6.45, 7) is 6.94. The van der Waals surface area contributed by atoms with Crippen LogP contribution in [0.4, 0.5) is 0 Å². The fraction of sp³-hybridized carbons (Fsp3) is 0.381. The molecule has 3 heterocycles. The van der Waals surface area contributed by atoms with Crippen LogP contribution in [0, 0.1) is 6.92 Å². The molecule has 1 aliphatic heterocycles. The molecule has 0 unspecified atom stereocenters. The summed E-state index contributed by atoms with van der Waals surface area (Å²) in [4.78, 5) is 33.8. The van der Waals surface area contributed by atoms with Gasteiger partial charge in [-0.25, -0.2) is 4.98 Å². The van der Waals surface area contributed by atoms with E-state index in [0.717, 1.165) is 16.0 Å². The summed E-state index contributed by atoms with van der Waals surface area (Å²) in [5.41, 5.74) is 1.82. The minimum Gasteiger partial charge on any atom is -0.372 e. The van der Waals surface area contributed by atoms with Gasteiger partial charge in [0.2, 0.25) is 5.91 Å². The Hall–Kier alpha value is -2.51. The Bertz CT molecular complexity index is 1060. The minimum atomic E-state index is -0.163. The van der Waals surface area contributed by atoms with Crippen molar-refractivity contribution < 1.29 is 9.53 Å². The molecule has 1 aliphatic rings. The van der Waals surface area contributed by atoms with Crippen LogP contribution in [0.2, 0.25) is 0 Å². The number of amides is 1. The Morgan fingerprint density at radius 3 is 2.57 bits per heavy atom. The van der Waals surface area contributed by atoms with Crippen molar-refractivity contribution in [3.63, 3.8) is 0 Å². The Labute approximate surface area is 167 Å². The molecule has 2 aromatic heterocycles. The van der Waals surface area contributed by atoms with Crippen LogP contribution in [0.25, 0.3) is 20.7 Å². The number of ether oxygens (including phenoxy) is 1. The van der Waals surface area contributed by atoms with Gasteiger partial charge in [0.15, 0.2) is 0 Å². The quantitative estimate of drug-likeness (QED) is 0.681. The predicted octanol–water partition coefficient (Wildman–Crippen LogP) is 3.07. The van der Waals surface area contributed by atoms with E-state index in [0.29, 0.717) is 23.3 Å². The first kappa shape index (κ1) is 18.8. The SMILES string of the molecule is Cc1c(-c2ccccc2)sc2ncn(CC(=O)N3C[C@@H](C)O[C@@H](C)C3)c(=O)c12. The number of aromatic nitrogens is 2. The molecule has 1 fully saturated rings. The molecule has 146 valence electrons. The first-order chi connectivity index (χ1) is 13.4. The predicted molar refractivity (Wildman–Crippen MR) is 111 cm³/mol. The van der Waals surface area contributed by atoms with E-state index in [1.165, 1.54) is 22.2 Å². The van der Waals surface area contributed by atoms with Gasteiger partial charge < -0.3 is 9.64 Å². The maximum absolute atomic E-state index is 13.1. The fourth-order valence-electron chi connectivity index (χ4n) is 3.76. The van der Waals surface area contributed by atoms with Crippen molar-refractivity contribution in [3.8, 4) is 10.4 Å². The van der Waals surface area contributed by atoms with Crippen LogP contribution in [0.5, 0.6) is 0 Å². The van der Waals surface area contributed by atoms with Crippen molar-refractivity contribution in [1.29, 1.82) is 0 Å². The molecule has 0 bridgehead atoms. The van der Waals surface area contributed by atoms with E-state index in [9.17, 15) is 9.59 Å². The summed E-state index contributed by atoms with van der Waals surface area (Å²) >= 11 is 1.51. The van der Waals surface area contributed by atoms with E-state index in [2.05, 4.69) is 4.98 Å². The van der Waals surface area contributed by atoms with Crippen LogP contribution in [0.15, 0.2) is 41.5 Å². The summed E-state index contributed by atoms with van der Waals surface area (Å²) < 4.78 is 7.11. The Balaban J connectivity index is 1.66. The highest BCUT2D eigenvalue weighted by Gasteiger charge is 2.26. The van der Waals surface area contributed by atoms with Crippen LogP contribution >= 0.6 is 11.3 Å². The van der Waals surface area contributed by atoms with Crippen molar-refractivity contribution in [1.82, 2.24) is 14.5 Å². The molecule has 3 aromatic rings. The van der Waals surface area contributed by atoms with Crippen molar-refractivity contribution >= 4 is 27.5 Å². The third-order valence-corrected chi connectivity index (χ3v) is 6.28. The monoisotopic (exact) mass is 397 g/mol. The molecule has 1 aromatic carbocycles. The van der Waals surface area contributed by atoms with E-state index in [-0.39, 0.29) is 30.2 Å². The first-order valence-corrected chi connectivity index (χ1v) is 10.2. The van der Waals surface area contributed by atoms with Gasteiger partial charge in [-0.3, -0.25) is 14.2 Å². The molecule has 0 N–H and O–H groups in total. The van der Waals surface area contributed by atoms with Gasteiger partial charge in [-0.2, -0.15) is 0 Å². The molecule has 1 amide bonds. The zero-order valence-corrected chi connectivity index (χ0v) is 17.0. The number of hydrogen-bond donors (Lipinski definition) is 0. The maximum atomic E-state index is 13.1. The van der Waals surface area contributed by atoms with Gasteiger partial charge >= 0.3 is 0 Å². The summed E-state index contributed by atoms with van der Waals surface area (Å²) in [7, 11) is 0. The zero-order chi connectivity index (χ0) is 19.8. The highest BCUT2D eigenvalue weighted by atomic mass is 32.1. The lowest BCUT2D eigenvalue weighted by Crippen LogP contribution is -2.49. The van der Waals surface area contributed by atoms with Gasteiger partial charge in [-0.05, 0) is 31.9 Å². The molecule has 6 nitrogen and oxygen atoms in total. The second-order valence-corrected chi connectivity index (χ2v) is 8.34. The van der Waals surface area contributed by atoms with E-state index < -0.39 is 0 Å². The summed E-state index contributed by atoms with van der Waals surface area (Å²) in [5, 5.41) is 0.600. The van der Waals surface area contributed by atoms with Crippen LogP contribution in [-0.2, 0) is 16.1 Å². The number of fused-ring (bicyclic) bond motifs is 1. The third-order valence-electron chi connectivity index (χ3n) is 5.03.